The molecule has 1 amide bonds. The summed E-state index contributed by atoms with van der Waals surface area (Å²) in [7, 11) is -1.57. The van der Waals surface area contributed by atoms with Crippen LogP contribution in [0.4, 0.5) is 0 Å². The van der Waals surface area contributed by atoms with Crippen LogP contribution >= 0.6 is 12.4 Å². The van der Waals surface area contributed by atoms with Gasteiger partial charge in [-0.3, -0.25) is 9.20 Å². The molecule has 7 nitrogen and oxygen atoms in total. The van der Waals surface area contributed by atoms with Crippen LogP contribution in [0.3, 0.4) is 0 Å². The van der Waals surface area contributed by atoms with Crippen molar-refractivity contribution in [3.05, 3.63) is 30.1 Å². The number of rotatable bonds is 5. The van der Waals surface area contributed by atoms with Gasteiger partial charge in [-0.2, -0.15) is 0 Å². The number of likely N-dealkylation sites (tertiary alicyclic amines) is 1. The van der Waals surface area contributed by atoms with Gasteiger partial charge in [-0.25, -0.2) is 13.4 Å². The lowest BCUT2D eigenvalue weighted by molar-refractivity contribution is 0.0683. The van der Waals surface area contributed by atoms with Crippen LogP contribution < -0.4 is 5.32 Å². The van der Waals surface area contributed by atoms with Gasteiger partial charge in [0.05, 0.1) is 5.52 Å². The SMILES string of the molecule is CNCCC1CCN(C(=O)c2nc(S(C)(=O)=O)n3ccccc23)CC1.Cl. The Balaban J connectivity index is 0.00000243. The van der Waals surface area contributed by atoms with E-state index in [9.17, 15) is 13.2 Å². The van der Waals surface area contributed by atoms with Gasteiger partial charge >= 0.3 is 0 Å². The molecule has 3 rings (SSSR count). The Kier molecular flexibility index (Phi) is 6.65. The maximum atomic E-state index is 12.9. The number of piperidine rings is 1. The number of nitrogens with zero attached hydrogens (tertiary/aromatic N) is 3. The Bertz CT molecular complexity index is 873. The molecule has 0 atom stereocenters. The largest absolute Gasteiger partial charge is 0.337 e. The van der Waals surface area contributed by atoms with Gasteiger partial charge in [0.15, 0.2) is 5.69 Å². The lowest BCUT2D eigenvalue weighted by atomic mass is 9.93. The predicted octanol–water partition coefficient (Wildman–Crippen LogP) is 1.62. The smallest absolute Gasteiger partial charge is 0.274 e. The van der Waals surface area contributed by atoms with E-state index in [-0.39, 0.29) is 29.2 Å². The summed E-state index contributed by atoms with van der Waals surface area (Å²) in [4.78, 5) is 18.9. The van der Waals surface area contributed by atoms with Crippen LogP contribution in [-0.4, -0.2) is 61.5 Å². The maximum Gasteiger partial charge on any atom is 0.274 e. The van der Waals surface area contributed by atoms with Crippen molar-refractivity contribution in [2.75, 3.05) is 32.9 Å². The first kappa shape index (κ1) is 20.7. The van der Waals surface area contributed by atoms with Crippen LogP contribution in [0.1, 0.15) is 29.8 Å². The third-order valence-electron chi connectivity index (χ3n) is 4.75. The third-order valence-corrected chi connectivity index (χ3v) is 5.71. The summed E-state index contributed by atoms with van der Waals surface area (Å²) in [5.74, 6) is 0.437. The topological polar surface area (TPSA) is 83.8 Å². The monoisotopic (exact) mass is 400 g/mol. The molecule has 1 saturated heterocycles. The van der Waals surface area contributed by atoms with Crippen molar-refractivity contribution in [2.45, 2.75) is 24.4 Å². The third kappa shape index (κ3) is 4.19. The Morgan fingerprint density at radius 2 is 2.00 bits per heavy atom. The van der Waals surface area contributed by atoms with Gasteiger partial charge in [-0.1, -0.05) is 6.07 Å². The first-order chi connectivity index (χ1) is 11.9. The van der Waals surface area contributed by atoms with E-state index in [1.165, 1.54) is 4.40 Å². The number of sulfone groups is 1. The van der Waals surface area contributed by atoms with Crippen LogP contribution in [0.2, 0.25) is 0 Å². The van der Waals surface area contributed by atoms with Crippen molar-refractivity contribution in [3.8, 4) is 0 Å². The second-order valence-electron chi connectivity index (χ2n) is 6.60. The molecule has 2 aromatic heterocycles. The summed E-state index contributed by atoms with van der Waals surface area (Å²) in [6, 6.07) is 5.24. The zero-order chi connectivity index (χ0) is 18.0. The van der Waals surface area contributed by atoms with E-state index in [1.54, 1.807) is 29.3 Å². The summed E-state index contributed by atoms with van der Waals surface area (Å²) >= 11 is 0. The number of pyridine rings is 1. The molecule has 0 aliphatic carbocycles. The van der Waals surface area contributed by atoms with Crippen LogP contribution in [-0.2, 0) is 9.84 Å². The fourth-order valence-corrected chi connectivity index (χ4v) is 4.13. The van der Waals surface area contributed by atoms with Crippen molar-refractivity contribution in [3.63, 3.8) is 0 Å². The van der Waals surface area contributed by atoms with E-state index in [4.69, 9.17) is 0 Å². The van der Waals surface area contributed by atoms with Crippen molar-refractivity contribution in [1.82, 2.24) is 19.6 Å². The van der Waals surface area contributed by atoms with Gasteiger partial charge < -0.3 is 10.2 Å². The first-order valence-electron chi connectivity index (χ1n) is 8.53. The first-order valence-corrected chi connectivity index (χ1v) is 10.4. The lowest BCUT2D eigenvalue weighted by Crippen LogP contribution is -2.39. The van der Waals surface area contributed by atoms with E-state index >= 15 is 0 Å². The number of hydrogen-bond donors (Lipinski definition) is 1. The Hall–Kier alpha value is -1.64. The van der Waals surface area contributed by atoms with Gasteiger partial charge in [-0.15, -0.1) is 12.4 Å². The van der Waals surface area contributed by atoms with Gasteiger partial charge in [0.1, 0.15) is 0 Å². The highest BCUT2D eigenvalue weighted by Crippen LogP contribution is 2.24. The maximum absolute atomic E-state index is 12.9. The van der Waals surface area contributed by atoms with Gasteiger partial charge in [0.2, 0.25) is 15.0 Å². The highest BCUT2D eigenvalue weighted by Gasteiger charge is 2.28. The molecular weight excluding hydrogens is 376 g/mol. The molecule has 0 saturated carbocycles. The molecular formula is C17H25ClN4O3S. The average Bonchev–Trinajstić information content (AvgIpc) is 3.00. The Labute approximate surface area is 160 Å². The summed E-state index contributed by atoms with van der Waals surface area (Å²) in [6.45, 7) is 2.36. The number of imidazole rings is 1. The number of halogens is 1. The molecule has 1 aliphatic rings. The minimum absolute atomic E-state index is 0. The molecule has 3 heterocycles. The highest BCUT2D eigenvalue weighted by atomic mass is 35.5. The molecule has 0 spiro atoms. The number of hydrogen-bond acceptors (Lipinski definition) is 5. The molecule has 1 aliphatic heterocycles. The van der Waals surface area contributed by atoms with Crippen LogP contribution in [0.5, 0.6) is 0 Å². The van der Waals surface area contributed by atoms with Gasteiger partial charge in [-0.05, 0) is 50.9 Å². The minimum Gasteiger partial charge on any atom is -0.337 e. The van der Waals surface area contributed by atoms with Gasteiger partial charge in [0.25, 0.3) is 5.91 Å². The van der Waals surface area contributed by atoms with Crippen LogP contribution in [0, 0.1) is 5.92 Å². The normalized spacial score (nSPS) is 15.8. The standard InChI is InChI=1S/C17H24N4O3S.ClH/c1-18-9-6-13-7-11-20(12-8-13)16(22)15-14-5-3-4-10-21(14)17(19-15)25(2,23)24;/h3-5,10,13,18H,6-9,11-12H2,1-2H3;1H. The second kappa shape index (κ2) is 8.37. The van der Waals surface area contributed by atoms with E-state index < -0.39 is 9.84 Å². The van der Waals surface area contributed by atoms with E-state index in [0.717, 1.165) is 32.1 Å². The number of carbonyl (C=O) groups is 1. The number of nitrogens with one attached hydrogen (secondary N) is 1. The molecule has 0 radical (unpaired) electrons. The lowest BCUT2D eigenvalue weighted by Gasteiger charge is -2.31. The summed E-state index contributed by atoms with van der Waals surface area (Å²) in [5, 5.41) is 3.07. The predicted molar refractivity (Wildman–Crippen MR) is 103 cm³/mol. The number of aromatic nitrogens is 2. The minimum atomic E-state index is -3.52. The van der Waals surface area contributed by atoms with E-state index in [1.807, 2.05) is 7.05 Å². The van der Waals surface area contributed by atoms with Crippen molar-refractivity contribution >= 4 is 33.7 Å². The summed E-state index contributed by atoms with van der Waals surface area (Å²) in [5.41, 5.74) is 0.750. The summed E-state index contributed by atoms with van der Waals surface area (Å²) < 4.78 is 25.5. The average molecular weight is 401 g/mol. The van der Waals surface area contributed by atoms with Crippen LogP contribution in [0.25, 0.3) is 5.52 Å². The molecule has 0 bridgehead atoms. The van der Waals surface area contributed by atoms with Crippen molar-refractivity contribution in [1.29, 1.82) is 0 Å². The van der Waals surface area contributed by atoms with E-state index in [0.29, 0.717) is 24.5 Å². The second-order valence-corrected chi connectivity index (χ2v) is 8.51. The summed E-state index contributed by atoms with van der Waals surface area (Å²) in [6.07, 6.45) is 5.79. The molecule has 0 aromatic carbocycles. The van der Waals surface area contributed by atoms with E-state index in [2.05, 4.69) is 10.3 Å². The zero-order valence-electron chi connectivity index (χ0n) is 15.0. The number of carbonyl (C=O) groups excluding carboxylic acids is 1. The van der Waals surface area contributed by atoms with Crippen molar-refractivity contribution < 1.29 is 13.2 Å². The molecule has 26 heavy (non-hydrogen) atoms. The number of fused-ring (bicyclic) bond motifs is 1. The Morgan fingerprint density at radius 3 is 2.62 bits per heavy atom. The molecule has 2 aromatic rings. The molecule has 144 valence electrons. The molecule has 1 fully saturated rings. The van der Waals surface area contributed by atoms with Crippen molar-refractivity contribution in [2.24, 2.45) is 5.92 Å². The fourth-order valence-electron chi connectivity index (χ4n) is 3.35. The zero-order valence-corrected chi connectivity index (χ0v) is 16.6. The fraction of sp³-hybridized carbons (Fsp3) is 0.529. The van der Waals surface area contributed by atoms with Gasteiger partial charge in [0, 0.05) is 25.5 Å². The number of amides is 1. The quantitative estimate of drug-likeness (QED) is 0.824. The Morgan fingerprint density at radius 1 is 1.31 bits per heavy atom. The molecule has 9 heteroatoms. The van der Waals surface area contributed by atoms with Crippen LogP contribution in [0.15, 0.2) is 29.6 Å². The molecule has 0 unspecified atom stereocenters. The highest BCUT2D eigenvalue weighted by molar-refractivity contribution is 7.90. The molecule has 1 N–H and O–H groups in total.